The molecule has 6 heteroatoms. The Morgan fingerprint density at radius 1 is 1.45 bits per heavy atom. The minimum atomic E-state index is -0.857. The highest BCUT2D eigenvalue weighted by molar-refractivity contribution is 5.91. The molecule has 0 saturated heterocycles. The first-order valence-electron chi connectivity index (χ1n) is 6.13. The molecule has 0 radical (unpaired) electrons. The molecule has 0 aliphatic carbocycles. The van der Waals surface area contributed by atoms with Crippen LogP contribution in [0.15, 0.2) is 34.9 Å². The summed E-state index contributed by atoms with van der Waals surface area (Å²) >= 11 is 0. The highest BCUT2D eigenvalue weighted by Gasteiger charge is 2.17. The molecule has 2 rings (SSSR count). The van der Waals surface area contributed by atoms with E-state index in [1.54, 1.807) is 31.2 Å². The summed E-state index contributed by atoms with van der Waals surface area (Å²) in [7, 11) is 0. The Balaban J connectivity index is 2.21. The molecule has 1 amide bonds. The third kappa shape index (κ3) is 2.85. The van der Waals surface area contributed by atoms with Crippen LogP contribution in [0, 0.1) is 5.92 Å². The van der Waals surface area contributed by atoms with Gasteiger partial charge in [0.05, 0.1) is 12.8 Å². The lowest BCUT2D eigenvalue weighted by Crippen LogP contribution is -2.10. The number of aliphatic hydroxyl groups excluding tert-OH is 1. The van der Waals surface area contributed by atoms with E-state index in [-0.39, 0.29) is 5.69 Å². The minimum absolute atomic E-state index is 0.0511. The van der Waals surface area contributed by atoms with E-state index in [0.717, 1.165) is 0 Å². The van der Waals surface area contributed by atoms with E-state index in [0.29, 0.717) is 16.9 Å². The summed E-state index contributed by atoms with van der Waals surface area (Å²) in [4.78, 5) is 10.9. The molecule has 0 aliphatic heterocycles. The van der Waals surface area contributed by atoms with Gasteiger partial charge in [-0.3, -0.25) is 9.18 Å². The number of carbonyl (C=O) groups is 1. The molecule has 0 bridgehead atoms. The van der Waals surface area contributed by atoms with Crippen LogP contribution >= 0.6 is 0 Å². The molecule has 0 fully saturated rings. The van der Waals surface area contributed by atoms with Gasteiger partial charge in [0.15, 0.2) is 11.5 Å². The number of alkyl halides is 1. The van der Waals surface area contributed by atoms with Crippen LogP contribution in [-0.2, 0) is 0 Å². The fraction of sp³-hybridized carbons (Fsp3) is 0.286. The molecule has 1 aromatic heterocycles. The predicted molar refractivity (Wildman–Crippen MR) is 70.6 cm³/mol. The van der Waals surface area contributed by atoms with E-state index in [2.05, 4.69) is 5.16 Å². The van der Waals surface area contributed by atoms with Crippen LogP contribution in [0.1, 0.15) is 29.1 Å². The number of primary amides is 1. The van der Waals surface area contributed by atoms with Crippen LogP contribution in [0.5, 0.6) is 0 Å². The molecule has 2 aromatic rings. The maximum atomic E-state index is 12.5. The standard InChI is InChI=1S/C14H15FN2O3/c1-8(7-15)13(18)10-4-2-9(3-5-10)12-6-11(14(16)19)17-20-12/h2-6,8,13,18H,7H2,1H3,(H2,16,19)/t8-,13+/m1/s1. The first-order chi connectivity index (χ1) is 9.52. The number of halogens is 1. The van der Waals surface area contributed by atoms with Crippen LogP contribution in [0.3, 0.4) is 0 Å². The second-order valence-corrected chi connectivity index (χ2v) is 4.64. The highest BCUT2D eigenvalue weighted by Crippen LogP contribution is 2.26. The van der Waals surface area contributed by atoms with Gasteiger partial charge in [0.25, 0.3) is 5.91 Å². The maximum Gasteiger partial charge on any atom is 0.270 e. The topological polar surface area (TPSA) is 89.4 Å². The number of carbonyl (C=O) groups excluding carboxylic acids is 1. The van der Waals surface area contributed by atoms with Crippen LogP contribution < -0.4 is 5.73 Å². The first-order valence-corrected chi connectivity index (χ1v) is 6.13. The van der Waals surface area contributed by atoms with Gasteiger partial charge in [-0.1, -0.05) is 36.3 Å². The normalized spacial score (nSPS) is 13.9. The van der Waals surface area contributed by atoms with Gasteiger partial charge in [-0.15, -0.1) is 0 Å². The lowest BCUT2D eigenvalue weighted by molar-refractivity contribution is 0.0991. The average molecular weight is 278 g/mol. The molecule has 1 aromatic carbocycles. The van der Waals surface area contributed by atoms with Crippen molar-refractivity contribution >= 4 is 5.91 Å². The zero-order chi connectivity index (χ0) is 14.7. The van der Waals surface area contributed by atoms with Gasteiger partial charge in [-0.2, -0.15) is 0 Å². The van der Waals surface area contributed by atoms with Crippen molar-refractivity contribution in [1.82, 2.24) is 5.16 Å². The number of nitrogens with zero attached hydrogens (tertiary/aromatic N) is 1. The Morgan fingerprint density at radius 2 is 2.10 bits per heavy atom. The predicted octanol–water partition coefficient (Wildman–Crippen LogP) is 2.08. The number of benzene rings is 1. The SMILES string of the molecule is C[C@H](CF)[C@H](O)c1ccc(-c2cc(C(N)=O)no2)cc1. The van der Waals surface area contributed by atoms with Gasteiger partial charge in [0.1, 0.15) is 0 Å². The molecule has 0 spiro atoms. The molecule has 0 saturated carbocycles. The van der Waals surface area contributed by atoms with E-state index >= 15 is 0 Å². The molecule has 20 heavy (non-hydrogen) atoms. The number of hydrogen-bond donors (Lipinski definition) is 2. The minimum Gasteiger partial charge on any atom is -0.388 e. The van der Waals surface area contributed by atoms with Gasteiger partial charge in [0, 0.05) is 17.5 Å². The Hall–Kier alpha value is -2.21. The van der Waals surface area contributed by atoms with Gasteiger partial charge in [-0.05, 0) is 5.56 Å². The third-order valence-electron chi connectivity index (χ3n) is 3.08. The number of aliphatic hydroxyl groups is 1. The quantitative estimate of drug-likeness (QED) is 0.876. The Labute approximate surface area is 115 Å². The van der Waals surface area contributed by atoms with Crippen molar-refractivity contribution in [3.63, 3.8) is 0 Å². The summed E-state index contributed by atoms with van der Waals surface area (Å²) in [5.41, 5.74) is 6.45. The van der Waals surface area contributed by atoms with E-state index in [4.69, 9.17) is 10.3 Å². The summed E-state index contributed by atoms with van der Waals surface area (Å²) in [6.07, 6.45) is -0.857. The lowest BCUT2D eigenvalue weighted by atomic mass is 9.97. The molecule has 3 N–H and O–H groups in total. The smallest absolute Gasteiger partial charge is 0.270 e. The van der Waals surface area contributed by atoms with Gasteiger partial charge in [-0.25, -0.2) is 0 Å². The van der Waals surface area contributed by atoms with E-state index < -0.39 is 24.6 Å². The number of nitrogens with two attached hydrogens (primary N) is 1. The highest BCUT2D eigenvalue weighted by atomic mass is 19.1. The zero-order valence-corrected chi connectivity index (χ0v) is 10.9. The summed E-state index contributed by atoms with van der Waals surface area (Å²) in [6, 6.07) is 8.21. The van der Waals surface area contributed by atoms with Crippen molar-refractivity contribution < 1.29 is 18.8 Å². The van der Waals surface area contributed by atoms with Crippen molar-refractivity contribution in [3.05, 3.63) is 41.6 Å². The average Bonchev–Trinajstić information content (AvgIpc) is 2.96. The zero-order valence-electron chi connectivity index (χ0n) is 10.9. The molecule has 1 heterocycles. The van der Waals surface area contributed by atoms with Crippen molar-refractivity contribution in [3.8, 4) is 11.3 Å². The molecule has 5 nitrogen and oxygen atoms in total. The number of aromatic nitrogens is 1. The van der Waals surface area contributed by atoms with E-state index in [1.807, 2.05) is 0 Å². The molecular weight excluding hydrogens is 263 g/mol. The summed E-state index contributed by atoms with van der Waals surface area (Å²) in [5.74, 6) is -0.727. The molecule has 0 unspecified atom stereocenters. The fourth-order valence-electron chi connectivity index (χ4n) is 1.78. The number of hydrogen-bond acceptors (Lipinski definition) is 4. The van der Waals surface area contributed by atoms with Crippen molar-refractivity contribution in [2.45, 2.75) is 13.0 Å². The van der Waals surface area contributed by atoms with E-state index in [1.165, 1.54) is 6.07 Å². The van der Waals surface area contributed by atoms with Gasteiger partial charge < -0.3 is 15.4 Å². The lowest BCUT2D eigenvalue weighted by Gasteiger charge is -2.16. The van der Waals surface area contributed by atoms with Gasteiger partial charge >= 0.3 is 0 Å². The molecule has 106 valence electrons. The third-order valence-corrected chi connectivity index (χ3v) is 3.08. The molecule has 2 atom stereocenters. The number of amides is 1. The van der Waals surface area contributed by atoms with Crippen LogP contribution in [-0.4, -0.2) is 22.8 Å². The summed E-state index contributed by atoms with van der Waals surface area (Å²) < 4.78 is 17.5. The van der Waals surface area contributed by atoms with Crippen LogP contribution in [0.25, 0.3) is 11.3 Å². The Kier molecular flexibility index (Phi) is 4.14. The molecular formula is C14H15FN2O3. The van der Waals surface area contributed by atoms with Crippen LogP contribution in [0.2, 0.25) is 0 Å². The van der Waals surface area contributed by atoms with Crippen LogP contribution in [0.4, 0.5) is 4.39 Å². The van der Waals surface area contributed by atoms with E-state index in [9.17, 15) is 14.3 Å². The monoisotopic (exact) mass is 278 g/mol. The second kappa shape index (κ2) is 5.83. The Morgan fingerprint density at radius 3 is 2.60 bits per heavy atom. The largest absolute Gasteiger partial charge is 0.388 e. The second-order valence-electron chi connectivity index (χ2n) is 4.64. The van der Waals surface area contributed by atoms with Crippen molar-refractivity contribution in [2.24, 2.45) is 11.7 Å². The van der Waals surface area contributed by atoms with Gasteiger partial charge in [0.2, 0.25) is 0 Å². The first kappa shape index (κ1) is 14.2. The van der Waals surface area contributed by atoms with Crippen molar-refractivity contribution in [1.29, 1.82) is 0 Å². The Bertz CT molecular complexity index is 595. The molecule has 0 aliphatic rings. The summed E-state index contributed by atoms with van der Waals surface area (Å²) in [5, 5.41) is 13.4. The summed E-state index contributed by atoms with van der Waals surface area (Å²) in [6.45, 7) is 1.04. The maximum absolute atomic E-state index is 12.5. The van der Waals surface area contributed by atoms with Crippen molar-refractivity contribution in [2.75, 3.05) is 6.67 Å². The number of rotatable bonds is 5. The fourth-order valence-corrected chi connectivity index (χ4v) is 1.78.